The first-order valence-electron chi connectivity index (χ1n) is 10.5. The van der Waals surface area contributed by atoms with Crippen LogP contribution in [0.3, 0.4) is 0 Å². The molecule has 33 heavy (non-hydrogen) atoms. The van der Waals surface area contributed by atoms with E-state index in [0.717, 1.165) is 15.6 Å². The molecule has 0 saturated carbocycles. The predicted molar refractivity (Wildman–Crippen MR) is 132 cm³/mol. The molecule has 1 amide bonds. The van der Waals surface area contributed by atoms with Crippen molar-refractivity contribution in [3.8, 4) is 0 Å². The van der Waals surface area contributed by atoms with E-state index >= 15 is 0 Å². The molecule has 0 fully saturated rings. The number of hydrogen-bond acceptors (Lipinski definition) is 4. The Labute approximate surface area is 199 Å². The molecule has 3 aromatic carbocycles. The number of halogens is 1. The minimum Gasteiger partial charge on any atom is -0.354 e. The van der Waals surface area contributed by atoms with Gasteiger partial charge in [-0.3, -0.25) is 9.10 Å². The summed E-state index contributed by atoms with van der Waals surface area (Å²) in [6.45, 7) is 3.75. The summed E-state index contributed by atoms with van der Waals surface area (Å²) in [6.07, 6.45) is 0. The number of hydrogen-bond donors (Lipinski definition) is 1. The first-order chi connectivity index (χ1) is 15.8. The number of benzene rings is 3. The number of rotatable bonds is 10. The van der Waals surface area contributed by atoms with E-state index in [1.54, 1.807) is 23.9 Å². The lowest BCUT2D eigenvalue weighted by molar-refractivity contribution is -0.119. The molecule has 0 unspecified atom stereocenters. The molecule has 1 N–H and O–H groups in total. The van der Waals surface area contributed by atoms with Gasteiger partial charge < -0.3 is 5.32 Å². The van der Waals surface area contributed by atoms with Crippen molar-refractivity contribution in [3.63, 3.8) is 0 Å². The van der Waals surface area contributed by atoms with Gasteiger partial charge in [-0.05, 0) is 43.7 Å². The Bertz CT molecular complexity index is 1180. The van der Waals surface area contributed by atoms with Crippen LogP contribution in [0.15, 0.2) is 77.7 Å². The average Bonchev–Trinajstić information content (AvgIpc) is 2.79. The van der Waals surface area contributed by atoms with Crippen LogP contribution in [-0.4, -0.2) is 33.2 Å². The van der Waals surface area contributed by atoms with Crippen molar-refractivity contribution in [2.24, 2.45) is 0 Å². The highest BCUT2D eigenvalue weighted by molar-refractivity contribution is 7.98. The van der Waals surface area contributed by atoms with Crippen LogP contribution >= 0.6 is 11.8 Å². The zero-order valence-corrected chi connectivity index (χ0v) is 20.3. The second-order valence-corrected chi connectivity index (χ2v) is 10.6. The molecule has 0 radical (unpaired) electrons. The van der Waals surface area contributed by atoms with Crippen LogP contribution < -0.4 is 9.62 Å². The van der Waals surface area contributed by atoms with Gasteiger partial charge in [0.15, 0.2) is 0 Å². The zero-order chi connectivity index (χ0) is 23.8. The van der Waals surface area contributed by atoms with Gasteiger partial charge >= 0.3 is 0 Å². The monoisotopic (exact) mass is 486 g/mol. The van der Waals surface area contributed by atoms with Gasteiger partial charge in [0.1, 0.15) is 12.4 Å². The number of anilines is 1. The molecule has 0 aliphatic heterocycles. The topological polar surface area (TPSA) is 66.5 Å². The van der Waals surface area contributed by atoms with Gasteiger partial charge in [0.05, 0.1) is 10.6 Å². The van der Waals surface area contributed by atoms with Crippen LogP contribution in [0.5, 0.6) is 0 Å². The highest BCUT2D eigenvalue weighted by Gasteiger charge is 2.29. The van der Waals surface area contributed by atoms with Gasteiger partial charge in [-0.2, -0.15) is 11.8 Å². The molecule has 3 aromatic rings. The van der Waals surface area contributed by atoms with Crippen LogP contribution in [0.2, 0.25) is 0 Å². The first-order valence-corrected chi connectivity index (χ1v) is 13.1. The summed E-state index contributed by atoms with van der Waals surface area (Å²) in [4.78, 5) is 12.6. The van der Waals surface area contributed by atoms with Crippen molar-refractivity contribution in [1.29, 1.82) is 0 Å². The number of carbonyl (C=O) groups is 1. The summed E-state index contributed by atoms with van der Waals surface area (Å²) in [7, 11) is -4.14. The standard InChI is InChI=1S/C25H27FN2O3S2/c1-19-7-11-21(12-8-19)18-32-16-15-27-25(29)17-28(24-6-4-3-5-23(24)26)33(30,31)22-13-9-20(2)10-14-22/h3-14H,15-18H2,1-2H3,(H,27,29). The number of carbonyl (C=O) groups excluding carboxylic acids is 1. The Morgan fingerprint density at radius 3 is 2.18 bits per heavy atom. The summed E-state index contributed by atoms with van der Waals surface area (Å²) in [5.74, 6) is 0.281. The van der Waals surface area contributed by atoms with Gasteiger partial charge in [0.2, 0.25) is 5.91 Å². The maximum atomic E-state index is 14.5. The maximum absolute atomic E-state index is 14.5. The van der Waals surface area contributed by atoms with Gasteiger partial charge in [-0.15, -0.1) is 0 Å². The molecule has 0 aliphatic rings. The summed E-state index contributed by atoms with van der Waals surface area (Å²) >= 11 is 1.67. The van der Waals surface area contributed by atoms with E-state index in [2.05, 4.69) is 29.6 Å². The Morgan fingerprint density at radius 1 is 0.939 bits per heavy atom. The van der Waals surface area contributed by atoms with Gasteiger partial charge in [-0.1, -0.05) is 59.7 Å². The predicted octanol–water partition coefficient (Wildman–Crippen LogP) is 4.69. The van der Waals surface area contributed by atoms with Crippen molar-refractivity contribution in [1.82, 2.24) is 5.32 Å². The molecule has 8 heteroatoms. The third-order valence-electron chi connectivity index (χ3n) is 4.98. The third kappa shape index (κ3) is 6.82. The van der Waals surface area contributed by atoms with E-state index in [-0.39, 0.29) is 10.6 Å². The molecule has 0 spiro atoms. The number of thioether (sulfide) groups is 1. The van der Waals surface area contributed by atoms with Crippen LogP contribution in [0.1, 0.15) is 16.7 Å². The normalized spacial score (nSPS) is 11.2. The molecule has 0 atom stereocenters. The quantitative estimate of drug-likeness (QED) is 0.423. The SMILES string of the molecule is Cc1ccc(CSCCNC(=O)CN(c2ccccc2F)S(=O)(=O)c2ccc(C)cc2)cc1. The molecule has 5 nitrogen and oxygen atoms in total. The van der Waals surface area contributed by atoms with Crippen molar-refractivity contribution < 1.29 is 17.6 Å². The van der Waals surface area contributed by atoms with Crippen molar-refractivity contribution in [2.75, 3.05) is 23.1 Å². The number of sulfonamides is 1. The zero-order valence-electron chi connectivity index (χ0n) is 18.6. The van der Waals surface area contributed by atoms with Gasteiger partial charge in [-0.25, -0.2) is 12.8 Å². The van der Waals surface area contributed by atoms with E-state index < -0.39 is 28.3 Å². The Morgan fingerprint density at radius 2 is 1.55 bits per heavy atom. The lowest BCUT2D eigenvalue weighted by Gasteiger charge is -2.24. The summed E-state index contributed by atoms with van der Waals surface area (Å²) in [6, 6.07) is 20.0. The number of aryl methyl sites for hydroxylation is 2. The van der Waals surface area contributed by atoms with Crippen LogP contribution in [0.25, 0.3) is 0 Å². The fraction of sp³-hybridized carbons (Fsp3) is 0.240. The molecule has 3 rings (SSSR count). The number of amides is 1. The lowest BCUT2D eigenvalue weighted by atomic mass is 10.2. The summed E-state index contributed by atoms with van der Waals surface area (Å²) < 4.78 is 41.8. The second-order valence-electron chi connectivity index (χ2n) is 7.66. The third-order valence-corrected chi connectivity index (χ3v) is 7.78. The molecule has 0 aliphatic carbocycles. The van der Waals surface area contributed by atoms with Crippen LogP contribution in [0, 0.1) is 19.7 Å². The van der Waals surface area contributed by atoms with Crippen LogP contribution in [0.4, 0.5) is 10.1 Å². The smallest absolute Gasteiger partial charge is 0.264 e. The van der Waals surface area contributed by atoms with E-state index in [0.29, 0.717) is 12.3 Å². The highest BCUT2D eigenvalue weighted by Crippen LogP contribution is 2.26. The largest absolute Gasteiger partial charge is 0.354 e. The van der Waals surface area contributed by atoms with E-state index in [4.69, 9.17) is 0 Å². The van der Waals surface area contributed by atoms with E-state index in [9.17, 15) is 17.6 Å². The minimum atomic E-state index is -4.14. The molecule has 0 heterocycles. The number of para-hydroxylation sites is 1. The Balaban J connectivity index is 1.65. The number of nitrogens with zero attached hydrogens (tertiary/aromatic N) is 1. The van der Waals surface area contributed by atoms with Crippen molar-refractivity contribution in [2.45, 2.75) is 24.5 Å². The minimum absolute atomic E-state index is 0.00203. The molecule has 0 bridgehead atoms. The van der Waals surface area contributed by atoms with Crippen molar-refractivity contribution in [3.05, 3.63) is 95.3 Å². The van der Waals surface area contributed by atoms with Crippen LogP contribution in [-0.2, 0) is 20.6 Å². The van der Waals surface area contributed by atoms with Gasteiger partial charge in [0, 0.05) is 18.1 Å². The Kier molecular flexibility index (Phi) is 8.52. The van der Waals surface area contributed by atoms with Crippen molar-refractivity contribution >= 4 is 33.4 Å². The summed E-state index contributed by atoms with van der Waals surface area (Å²) in [5, 5.41) is 2.74. The second kappa shape index (κ2) is 11.3. The first kappa shape index (κ1) is 24.8. The van der Waals surface area contributed by atoms with Gasteiger partial charge in [0.25, 0.3) is 10.0 Å². The Hall–Kier alpha value is -2.84. The lowest BCUT2D eigenvalue weighted by Crippen LogP contribution is -2.41. The fourth-order valence-corrected chi connectivity index (χ4v) is 5.36. The highest BCUT2D eigenvalue weighted by atomic mass is 32.2. The maximum Gasteiger partial charge on any atom is 0.264 e. The molecular weight excluding hydrogens is 459 g/mol. The fourth-order valence-electron chi connectivity index (χ4n) is 3.11. The molecular formula is C25H27FN2O3S2. The average molecular weight is 487 g/mol. The van der Waals surface area contributed by atoms with E-state index in [1.165, 1.54) is 47.5 Å². The number of nitrogens with one attached hydrogen (secondary N) is 1. The molecule has 0 aromatic heterocycles. The molecule has 174 valence electrons. The summed E-state index contributed by atoms with van der Waals surface area (Å²) in [5.41, 5.74) is 3.14. The molecule has 0 saturated heterocycles. The van der Waals surface area contributed by atoms with E-state index in [1.807, 2.05) is 13.8 Å².